The second kappa shape index (κ2) is 11.2. The highest BCUT2D eigenvalue weighted by Gasteiger charge is 2.33. The Bertz CT molecular complexity index is 636. The number of amides is 1. The lowest BCUT2D eigenvalue weighted by molar-refractivity contribution is -0.136. The fourth-order valence-corrected chi connectivity index (χ4v) is 5.03. The van der Waals surface area contributed by atoms with E-state index < -0.39 is 0 Å². The van der Waals surface area contributed by atoms with Crippen LogP contribution in [0.15, 0.2) is 30.3 Å². The van der Waals surface area contributed by atoms with Crippen LogP contribution < -0.4 is 5.32 Å². The minimum atomic E-state index is 0.0331. The van der Waals surface area contributed by atoms with Gasteiger partial charge in [0.25, 0.3) is 0 Å². The maximum Gasteiger partial charge on any atom is 0.240 e. The van der Waals surface area contributed by atoms with Crippen LogP contribution in [0.25, 0.3) is 0 Å². The van der Waals surface area contributed by atoms with Crippen LogP contribution in [0, 0.1) is 0 Å². The summed E-state index contributed by atoms with van der Waals surface area (Å²) < 4.78 is 5.48. The zero-order chi connectivity index (χ0) is 20.6. The van der Waals surface area contributed by atoms with Crippen molar-refractivity contribution >= 4 is 5.91 Å². The first-order valence-corrected chi connectivity index (χ1v) is 11.9. The average molecular weight is 415 g/mol. The van der Waals surface area contributed by atoms with Gasteiger partial charge in [-0.1, -0.05) is 30.3 Å². The number of hydrogen-bond donors (Lipinski definition) is 1. The van der Waals surface area contributed by atoms with E-state index >= 15 is 0 Å². The maximum absolute atomic E-state index is 13.3. The summed E-state index contributed by atoms with van der Waals surface area (Å²) in [6.45, 7) is 9.71. The van der Waals surface area contributed by atoms with E-state index in [0.717, 1.165) is 97.7 Å². The molecule has 30 heavy (non-hydrogen) atoms. The molecule has 0 bridgehead atoms. The Morgan fingerprint density at radius 2 is 1.73 bits per heavy atom. The van der Waals surface area contributed by atoms with Gasteiger partial charge in [-0.25, -0.2) is 0 Å². The van der Waals surface area contributed by atoms with Crippen molar-refractivity contribution in [1.29, 1.82) is 0 Å². The lowest BCUT2D eigenvalue weighted by atomic mass is 10.0. The molecular formula is C24H38N4O2. The lowest BCUT2D eigenvalue weighted by Crippen LogP contribution is -2.54. The number of nitrogens with one attached hydrogen (secondary N) is 1. The molecule has 1 aromatic carbocycles. The molecule has 6 nitrogen and oxygen atoms in total. The number of nitrogens with zero attached hydrogens (tertiary/aromatic N) is 3. The molecular weight excluding hydrogens is 376 g/mol. The third-order valence-corrected chi connectivity index (χ3v) is 6.96. The minimum absolute atomic E-state index is 0.0331. The minimum Gasteiger partial charge on any atom is -0.379 e. The Kier molecular flexibility index (Phi) is 8.15. The summed E-state index contributed by atoms with van der Waals surface area (Å²) in [5.41, 5.74) is 1.41. The highest BCUT2D eigenvalue weighted by Crippen LogP contribution is 2.20. The highest BCUT2D eigenvalue weighted by molar-refractivity contribution is 5.82. The second-order valence-electron chi connectivity index (χ2n) is 8.94. The van der Waals surface area contributed by atoms with Gasteiger partial charge in [0.2, 0.25) is 5.91 Å². The Morgan fingerprint density at radius 1 is 1.00 bits per heavy atom. The first-order chi connectivity index (χ1) is 14.8. The van der Waals surface area contributed by atoms with E-state index in [1.165, 1.54) is 5.56 Å². The number of likely N-dealkylation sites (tertiary alicyclic amines) is 1. The zero-order valence-electron chi connectivity index (χ0n) is 18.3. The van der Waals surface area contributed by atoms with Crippen LogP contribution in [0.2, 0.25) is 0 Å². The number of piperidine rings is 1. The largest absolute Gasteiger partial charge is 0.379 e. The van der Waals surface area contributed by atoms with Crippen molar-refractivity contribution in [2.75, 3.05) is 65.6 Å². The van der Waals surface area contributed by atoms with Crippen LogP contribution in [0.1, 0.15) is 31.2 Å². The Morgan fingerprint density at radius 3 is 2.43 bits per heavy atom. The van der Waals surface area contributed by atoms with E-state index in [2.05, 4.69) is 50.3 Å². The molecule has 0 aromatic heterocycles. The predicted octanol–water partition coefficient (Wildman–Crippen LogP) is 1.61. The molecule has 3 heterocycles. The van der Waals surface area contributed by atoms with Crippen molar-refractivity contribution in [3.8, 4) is 0 Å². The molecule has 3 aliphatic rings. The Balaban J connectivity index is 1.29. The molecule has 4 rings (SSSR count). The third kappa shape index (κ3) is 6.03. The molecule has 1 N–H and O–H groups in total. The van der Waals surface area contributed by atoms with E-state index in [1.54, 1.807) is 0 Å². The third-order valence-electron chi connectivity index (χ3n) is 6.96. The van der Waals surface area contributed by atoms with Crippen LogP contribution in [-0.4, -0.2) is 98.3 Å². The van der Waals surface area contributed by atoms with Crippen molar-refractivity contribution in [3.05, 3.63) is 35.9 Å². The summed E-state index contributed by atoms with van der Waals surface area (Å²) in [4.78, 5) is 20.6. The van der Waals surface area contributed by atoms with Crippen LogP contribution in [-0.2, 0) is 16.0 Å². The number of benzene rings is 1. The summed E-state index contributed by atoms with van der Waals surface area (Å²) in [5, 5.41) is 3.43. The van der Waals surface area contributed by atoms with Crippen LogP contribution in [0.5, 0.6) is 0 Å². The van der Waals surface area contributed by atoms with Crippen molar-refractivity contribution in [3.63, 3.8) is 0 Å². The van der Waals surface area contributed by atoms with Gasteiger partial charge in [0.1, 0.15) is 0 Å². The van der Waals surface area contributed by atoms with Crippen molar-refractivity contribution in [1.82, 2.24) is 20.0 Å². The topological polar surface area (TPSA) is 48.1 Å². The predicted molar refractivity (Wildman–Crippen MR) is 120 cm³/mol. The van der Waals surface area contributed by atoms with Crippen LogP contribution in [0.4, 0.5) is 0 Å². The molecule has 0 unspecified atom stereocenters. The van der Waals surface area contributed by atoms with E-state index in [0.29, 0.717) is 11.9 Å². The smallest absolute Gasteiger partial charge is 0.240 e. The molecule has 6 heteroatoms. The summed E-state index contributed by atoms with van der Waals surface area (Å²) in [7, 11) is 0. The summed E-state index contributed by atoms with van der Waals surface area (Å²) in [6.07, 6.45) is 5.40. The highest BCUT2D eigenvalue weighted by atomic mass is 16.5. The van der Waals surface area contributed by atoms with Gasteiger partial charge in [-0.15, -0.1) is 0 Å². The Hall–Kier alpha value is -1.47. The van der Waals surface area contributed by atoms with Gasteiger partial charge >= 0.3 is 0 Å². The van der Waals surface area contributed by atoms with Gasteiger partial charge in [0.05, 0.1) is 19.3 Å². The molecule has 0 spiro atoms. The van der Waals surface area contributed by atoms with Gasteiger partial charge in [-0.3, -0.25) is 9.69 Å². The molecule has 166 valence electrons. The fraction of sp³-hybridized carbons (Fsp3) is 0.708. The van der Waals surface area contributed by atoms with E-state index in [4.69, 9.17) is 4.74 Å². The van der Waals surface area contributed by atoms with Gasteiger partial charge < -0.3 is 19.9 Å². The zero-order valence-corrected chi connectivity index (χ0v) is 18.3. The summed E-state index contributed by atoms with van der Waals surface area (Å²) in [6, 6.07) is 11.2. The summed E-state index contributed by atoms with van der Waals surface area (Å²) >= 11 is 0. The van der Waals surface area contributed by atoms with Gasteiger partial charge in [-0.2, -0.15) is 0 Å². The molecule has 1 aromatic rings. The number of rotatable bonds is 8. The molecule has 3 fully saturated rings. The number of morpholine rings is 1. The molecule has 1 amide bonds. The van der Waals surface area contributed by atoms with Gasteiger partial charge in [0.15, 0.2) is 0 Å². The molecule has 0 aliphatic carbocycles. The van der Waals surface area contributed by atoms with Gasteiger partial charge in [-0.05, 0) is 44.2 Å². The second-order valence-corrected chi connectivity index (χ2v) is 8.94. The Labute approximate surface area is 181 Å². The number of carbonyl (C=O) groups excluding carboxylic acids is 1. The quantitative estimate of drug-likeness (QED) is 0.700. The number of ether oxygens (including phenoxy) is 1. The SMILES string of the molecule is O=C([C@@H]1CCCN1)N(CCN1CCOCC1)C1CCN(CCc2ccccc2)CC1. The monoisotopic (exact) mass is 414 g/mol. The van der Waals surface area contributed by atoms with Crippen LogP contribution >= 0.6 is 0 Å². The van der Waals surface area contributed by atoms with Crippen molar-refractivity contribution in [2.24, 2.45) is 0 Å². The van der Waals surface area contributed by atoms with E-state index in [-0.39, 0.29) is 6.04 Å². The van der Waals surface area contributed by atoms with Crippen LogP contribution in [0.3, 0.4) is 0 Å². The fourth-order valence-electron chi connectivity index (χ4n) is 5.03. The van der Waals surface area contributed by atoms with E-state index in [1.807, 2.05) is 0 Å². The lowest BCUT2D eigenvalue weighted by Gasteiger charge is -2.40. The molecule has 0 radical (unpaired) electrons. The molecule has 1 atom stereocenters. The molecule has 0 saturated carbocycles. The normalized spacial score (nSPS) is 24.2. The molecule has 3 aliphatic heterocycles. The molecule has 3 saturated heterocycles. The van der Waals surface area contributed by atoms with E-state index in [9.17, 15) is 4.79 Å². The first-order valence-electron chi connectivity index (χ1n) is 11.9. The average Bonchev–Trinajstić information content (AvgIpc) is 3.35. The maximum atomic E-state index is 13.3. The van der Waals surface area contributed by atoms with Crippen molar-refractivity contribution < 1.29 is 9.53 Å². The van der Waals surface area contributed by atoms with Gasteiger partial charge in [0, 0.05) is 51.9 Å². The first kappa shape index (κ1) is 21.8. The standard InChI is InChI=1S/C24H38N4O2/c29-24(23-7-4-11-25-23)28(16-15-27-17-19-30-20-18-27)22-9-13-26(14-10-22)12-8-21-5-2-1-3-6-21/h1-3,5-6,22-23,25H,4,7-20H2/t23-/m0/s1. The number of carbonyl (C=O) groups is 1. The van der Waals surface area contributed by atoms with Crippen molar-refractivity contribution in [2.45, 2.75) is 44.2 Å². The summed E-state index contributed by atoms with van der Waals surface area (Å²) in [5.74, 6) is 0.337. The number of hydrogen-bond acceptors (Lipinski definition) is 5.